The minimum Gasteiger partial charge on any atom is -0.352 e. The highest BCUT2D eigenvalue weighted by Gasteiger charge is 2.23. The Hall–Kier alpha value is -2.38. The van der Waals surface area contributed by atoms with Crippen LogP contribution >= 0.6 is 0 Å². The van der Waals surface area contributed by atoms with E-state index in [-0.39, 0.29) is 10.8 Å². The summed E-state index contributed by atoms with van der Waals surface area (Å²) < 4.78 is 27.5. The van der Waals surface area contributed by atoms with Gasteiger partial charge in [-0.05, 0) is 82.1 Å². The number of hydrogen-bond acceptors (Lipinski definition) is 4. The van der Waals surface area contributed by atoms with Crippen molar-refractivity contribution in [3.63, 3.8) is 0 Å². The van der Waals surface area contributed by atoms with Gasteiger partial charge in [-0.25, -0.2) is 8.42 Å². The van der Waals surface area contributed by atoms with Gasteiger partial charge in [0.25, 0.3) is 15.9 Å². The van der Waals surface area contributed by atoms with E-state index < -0.39 is 10.0 Å². The number of carbonyl (C=O) groups is 1. The first-order chi connectivity index (χ1) is 14.3. The molecule has 0 spiro atoms. The summed E-state index contributed by atoms with van der Waals surface area (Å²) in [6.07, 6.45) is 3.27. The lowest BCUT2D eigenvalue weighted by Gasteiger charge is -2.28. The Kier molecular flexibility index (Phi) is 7.15. The maximum absolute atomic E-state index is 13.1. The number of amides is 1. The largest absolute Gasteiger partial charge is 0.352 e. The number of aryl methyl sites for hydroxylation is 1. The molecule has 162 valence electrons. The first-order valence-electron chi connectivity index (χ1n) is 10.4. The van der Waals surface area contributed by atoms with Crippen LogP contribution in [0.25, 0.3) is 0 Å². The maximum Gasteiger partial charge on any atom is 0.264 e. The molecule has 2 aromatic rings. The minimum atomic E-state index is -3.76. The van der Waals surface area contributed by atoms with Crippen molar-refractivity contribution >= 4 is 21.6 Å². The fourth-order valence-electron chi connectivity index (χ4n) is 3.84. The van der Waals surface area contributed by atoms with E-state index in [1.54, 1.807) is 18.2 Å². The molecule has 30 heavy (non-hydrogen) atoms. The monoisotopic (exact) mass is 429 g/mol. The number of para-hydroxylation sites is 1. The topological polar surface area (TPSA) is 69.7 Å². The summed E-state index contributed by atoms with van der Waals surface area (Å²) in [6.45, 7) is 4.68. The molecule has 0 saturated carbocycles. The average molecular weight is 430 g/mol. The number of anilines is 1. The van der Waals surface area contributed by atoms with Gasteiger partial charge < -0.3 is 10.2 Å². The van der Waals surface area contributed by atoms with E-state index in [4.69, 9.17) is 0 Å². The van der Waals surface area contributed by atoms with Crippen molar-refractivity contribution in [1.82, 2.24) is 10.2 Å². The van der Waals surface area contributed by atoms with Crippen molar-refractivity contribution in [2.24, 2.45) is 5.92 Å². The van der Waals surface area contributed by atoms with Crippen molar-refractivity contribution < 1.29 is 13.2 Å². The third kappa shape index (κ3) is 5.21. The Labute approximate surface area is 179 Å². The van der Waals surface area contributed by atoms with Gasteiger partial charge in [0.1, 0.15) is 0 Å². The van der Waals surface area contributed by atoms with E-state index in [0.29, 0.717) is 23.7 Å². The van der Waals surface area contributed by atoms with E-state index in [1.807, 2.05) is 25.1 Å². The minimum absolute atomic E-state index is 0.108. The second kappa shape index (κ2) is 9.62. The molecule has 1 N–H and O–H groups in total. The van der Waals surface area contributed by atoms with Gasteiger partial charge in [0.15, 0.2) is 0 Å². The molecule has 3 rings (SSSR count). The highest BCUT2D eigenvalue weighted by molar-refractivity contribution is 7.92. The zero-order chi connectivity index (χ0) is 21.7. The number of rotatable bonds is 7. The van der Waals surface area contributed by atoms with Crippen molar-refractivity contribution in [2.75, 3.05) is 38.0 Å². The Morgan fingerprint density at radius 1 is 1.13 bits per heavy atom. The summed E-state index contributed by atoms with van der Waals surface area (Å²) >= 11 is 0. The Morgan fingerprint density at radius 2 is 1.83 bits per heavy atom. The molecule has 0 radical (unpaired) electrons. The lowest BCUT2D eigenvalue weighted by Crippen LogP contribution is -2.32. The zero-order valence-electron chi connectivity index (χ0n) is 18.0. The summed E-state index contributed by atoms with van der Waals surface area (Å²) in [5.74, 6) is 0.398. The molecule has 0 aliphatic carbocycles. The molecule has 7 heteroatoms. The summed E-state index contributed by atoms with van der Waals surface area (Å²) in [4.78, 5) is 15.0. The normalized spacial score (nSPS) is 15.7. The second-order valence-corrected chi connectivity index (χ2v) is 10.0. The Bertz CT molecular complexity index is 983. The summed E-state index contributed by atoms with van der Waals surface area (Å²) in [5, 5.41) is 2.95. The highest BCUT2D eigenvalue weighted by Crippen LogP contribution is 2.25. The number of sulfonamides is 1. The summed E-state index contributed by atoms with van der Waals surface area (Å²) in [5.41, 5.74) is 1.84. The zero-order valence-corrected chi connectivity index (χ0v) is 18.8. The van der Waals surface area contributed by atoms with Crippen LogP contribution < -0.4 is 9.62 Å². The molecule has 1 heterocycles. The molecule has 0 atom stereocenters. The molecular formula is C23H31N3O3S. The van der Waals surface area contributed by atoms with Gasteiger partial charge in [0, 0.05) is 19.2 Å². The second-order valence-electron chi connectivity index (χ2n) is 8.08. The van der Waals surface area contributed by atoms with Gasteiger partial charge in [0.2, 0.25) is 0 Å². The molecule has 1 aliphatic heterocycles. The van der Waals surface area contributed by atoms with Crippen LogP contribution in [0.4, 0.5) is 5.69 Å². The van der Waals surface area contributed by atoms with Gasteiger partial charge >= 0.3 is 0 Å². The predicted octanol–water partition coefficient (Wildman–Crippen LogP) is 3.28. The van der Waals surface area contributed by atoms with Crippen molar-refractivity contribution in [1.29, 1.82) is 0 Å². The molecule has 0 aromatic heterocycles. The number of likely N-dealkylation sites (tertiary alicyclic amines) is 1. The van der Waals surface area contributed by atoms with Crippen LogP contribution in [0.15, 0.2) is 53.4 Å². The lowest BCUT2D eigenvalue weighted by molar-refractivity contribution is 0.0948. The lowest BCUT2D eigenvalue weighted by atomic mass is 9.94. The van der Waals surface area contributed by atoms with Crippen LogP contribution in [0.3, 0.4) is 0 Å². The number of nitrogens with one attached hydrogen (secondary N) is 1. The molecule has 2 aromatic carbocycles. The van der Waals surface area contributed by atoms with Crippen LogP contribution in [0, 0.1) is 12.8 Å². The van der Waals surface area contributed by atoms with E-state index >= 15 is 0 Å². The first-order valence-corrected chi connectivity index (χ1v) is 11.8. The van der Waals surface area contributed by atoms with Crippen LogP contribution in [-0.4, -0.2) is 53.0 Å². The number of carbonyl (C=O) groups excluding carboxylic acids is 1. The van der Waals surface area contributed by atoms with Crippen molar-refractivity contribution in [3.8, 4) is 0 Å². The standard InChI is InChI=1S/C23H31N3O3S/c1-18-7-4-5-10-22(18)26(3)30(28,29)21-9-6-8-20(17-21)23(27)24-14-11-19-12-15-25(2)16-13-19/h4-10,17,19H,11-16H2,1-3H3,(H,24,27). The van der Waals surface area contributed by atoms with E-state index in [1.165, 1.54) is 23.5 Å². The van der Waals surface area contributed by atoms with Crippen LogP contribution in [0.5, 0.6) is 0 Å². The molecule has 1 saturated heterocycles. The number of hydrogen-bond donors (Lipinski definition) is 1. The molecular weight excluding hydrogens is 398 g/mol. The molecule has 0 unspecified atom stereocenters. The summed E-state index contributed by atoms with van der Waals surface area (Å²) in [7, 11) is -0.0965. The van der Waals surface area contributed by atoms with Crippen LogP contribution in [-0.2, 0) is 10.0 Å². The molecule has 1 fully saturated rings. The van der Waals surface area contributed by atoms with Crippen LogP contribution in [0.2, 0.25) is 0 Å². The fourth-order valence-corrected chi connectivity index (χ4v) is 5.15. The third-order valence-electron chi connectivity index (χ3n) is 5.89. The van der Waals surface area contributed by atoms with Crippen molar-refractivity contribution in [2.45, 2.75) is 31.1 Å². The van der Waals surface area contributed by atoms with Gasteiger partial charge in [-0.3, -0.25) is 9.10 Å². The maximum atomic E-state index is 13.1. The van der Waals surface area contributed by atoms with Crippen molar-refractivity contribution in [3.05, 3.63) is 59.7 Å². The predicted molar refractivity (Wildman–Crippen MR) is 120 cm³/mol. The highest BCUT2D eigenvalue weighted by atomic mass is 32.2. The smallest absolute Gasteiger partial charge is 0.264 e. The molecule has 1 amide bonds. The third-order valence-corrected chi connectivity index (χ3v) is 7.65. The number of piperidine rings is 1. The quantitative estimate of drug-likeness (QED) is 0.733. The SMILES string of the molecule is Cc1ccccc1N(C)S(=O)(=O)c1cccc(C(=O)NCCC2CCN(C)CC2)c1. The number of nitrogens with zero attached hydrogens (tertiary/aromatic N) is 2. The Morgan fingerprint density at radius 3 is 2.53 bits per heavy atom. The molecule has 1 aliphatic rings. The first kappa shape index (κ1) is 22.3. The van der Waals surface area contributed by atoms with Gasteiger partial charge in [-0.15, -0.1) is 0 Å². The van der Waals surface area contributed by atoms with Gasteiger partial charge in [-0.2, -0.15) is 0 Å². The number of benzene rings is 2. The van der Waals surface area contributed by atoms with E-state index in [9.17, 15) is 13.2 Å². The fraction of sp³-hybridized carbons (Fsp3) is 0.435. The van der Waals surface area contributed by atoms with E-state index in [0.717, 1.165) is 37.9 Å². The summed E-state index contributed by atoms with van der Waals surface area (Å²) in [6, 6.07) is 13.6. The van der Waals surface area contributed by atoms with Crippen LogP contribution in [0.1, 0.15) is 35.2 Å². The molecule has 6 nitrogen and oxygen atoms in total. The van der Waals surface area contributed by atoms with E-state index in [2.05, 4.69) is 17.3 Å². The Balaban J connectivity index is 1.66. The average Bonchev–Trinajstić information content (AvgIpc) is 2.75. The van der Waals surface area contributed by atoms with Gasteiger partial charge in [0.05, 0.1) is 10.6 Å². The molecule has 0 bridgehead atoms. The van der Waals surface area contributed by atoms with Gasteiger partial charge in [-0.1, -0.05) is 24.3 Å².